The van der Waals surface area contributed by atoms with Crippen LogP contribution in [0.25, 0.3) is 0 Å². The normalized spacial score (nSPS) is 23.4. The lowest BCUT2D eigenvalue weighted by atomic mass is 10.2. The second-order valence-corrected chi connectivity index (χ2v) is 5.91. The first kappa shape index (κ1) is 12.7. The van der Waals surface area contributed by atoms with Crippen LogP contribution in [-0.4, -0.2) is 26.9 Å². The van der Waals surface area contributed by atoms with Gasteiger partial charge in [0, 0.05) is 12.0 Å². The Morgan fingerprint density at radius 1 is 1.27 bits per heavy atom. The van der Waals surface area contributed by atoms with Gasteiger partial charge < -0.3 is 4.74 Å². The van der Waals surface area contributed by atoms with Crippen LogP contribution in [0.4, 0.5) is 0 Å². The van der Waals surface area contributed by atoms with Crippen molar-refractivity contribution in [3.05, 3.63) is 11.5 Å². The first-order valence-corrected chi connectivity index (χ1v) is 7.38. The van der Waals surface area contributed by atoms with Gasteiger partial charge >= 0.3 is 0 Å². The number of sulfone groups is 1. The van der Waals surface area contributed by atoms with Gasteiger partial charge in [-0.2, -0.15) is 0 Å². The maximum Gasteiger partial charge on any atom is 0.174 e. The van der Waals surface area contributed by atoms with E-state index in [-0.39, 0.29) is 11.9 Å². The van der Waals surface area contributed by atoms with Crippen LogP contribution < -0.4 is 0 Å². The molecule has 1 unspecified atom stereocenters. The molecule has 1 heterocycles. The molecular weight excluding hydrogens is 212 g/mol. The molecule has 15 heavy (non-hydrogen) atoms. The summed E-state index contributed by atoms with van der Waals surface area (Å²) in [6.07, 6.45) is 7.41. The third-order valence-corrected chi connectivity index (χ3v) is 3.84. The first-order chi connectivity index (χ1) is 7.14. The van der Waals surface area contributed by atoms with Crippen LogP contribution in [0, 0.1) is 0 Å². The highest BCUT2D eigenvalue weighted by molar-refractivity contribution is 7.94. The number of ether oxygens (including phenoxy) is 1. The first-order valence-electron chi connectivity index (χ1n) is 5.66. The van der Waals surface area contributed by atoms with Gasteiger partial charge in [-0.05, 0) is 12.5 Å². The molecule has 0 radical (unpaired) electrons. The summed E-state index contributed by atoms with van der Waals surface area (Å²) in [6.45, 7) is 2.86. The van der Waals surface area contributed by atoms with Gasteiger partial charge in [0.1, 0.15) is 0 Å². The van der Waals surface area contributed by atoms with E-state index < -0.39 is 9.84 Å². The van der Waals surface area contributed by atoms with Gasteiger partial charge in [0.05, 0.1) is 11.9 Å². The Labute approximate surface area is 92.4 Å². The zero-order valence-electron chi connectivity index (χ0n) is 9.31. The molecule has 0 aromatic heterocycles. The van der Waals surface area contributed by atoms with Crippen molar-refractivity contribution in [2.24, 2.45) is 0 Å². The Balaban J connectivity index is 2.00. The van der Waals surface area contributed by atoms with Crippen LogP contribution in [0.5, 0.6) is 0 Å². The molecule has 0 aliphatic carbocycles. The lowest BCUT2D eigenvalue weighted by Crippen LogP contribution is -2.15. The summed E-state index contributed by atoms with van der Waals surface area (Å²) in [5.41, 5.74) is 0. The van der Waals surface area contributed by atoms with E-state index in [2.05, 4.69) is 6.92 Å². The van der Waals surface area contributed by atoms with E-state index in [9.17, 15) is 8.42 Å². The molecule has 1 aliphatic heterocycles. The highest BCUT2D eigenvalue weighted by atomic mass is 32.2. The van der Waals surface area contributed by atoms with Crippen molar-refractivity contribution in [2.75, 3.05) is 12.4 Å². The number of hydrogen-bond acceptors (Lipinski definition) is 3. The molecule has 0 fully saturated rings. The largest absolute Gasteiger partial charge is 0.373 e. The fraction of sp³-hybridized carbons (Fsp3) is 0.818. The Hall–Kier alpha value is -0.350. The van der Waals surface area contributed by atoms with E-state index in [1.807, 2.05) is 0 Å². The maximum absolute atomic E-state index is 11.0. The number of rotatable bonds is 7. The van der Waals surface area contributed by atoms with E-state index in [0.29, 0.717) is 6.61 Å². The van der Waals surface area contributed by atoms with Crippen LogP contribution in [0.1, 0.15) is 39.0 Å². The average molecular weight is 232 g/mol. The molecule has 1 aliphatic rings. The van der Waals surface area contributed by atoms with Gasteiger partial charge in [-0.25, -0.2) is 8.42 Å². The molecule has 0 aromatic rings. The zero-order chi connectivity index (χ0) is 11.1. The van der Waals surface area contributed by atoms with Crippen LogP contribution >= 0.6 is 0 Å². The molecule has 0 spiro atoms. The second kappa shape index (κ2) is 6.28. The van der Waals surface area contributed by atoms with Crippen LogP contribution in [-0.2, 0) is 14.6 Å². The van der Waals surface area contributed by atoms with Crippen LogP contribution in [0.15, 0.2) is 11.5 Å². The molecule has 4 heteroatoms. The summed E-state index contributed by atoms with van der Waals surface area (Å²) in [6, 6.07) is 0. The fourth-order valence-corrected chi connectivity index (χ4v) is 2.78. The molecule has 0 saturated heterocycles. The van der Waals surface area contributed by atoms with Gasteiger partial charge in [0.15, 0.2) is 9.84 Å². The number of hydrogen-bond donors (Lipinski definition) is 0. The topological polar surface area (TPSA) is 43.4 Å². The molecule has 0 N–H and O–H groups in total. The van der Waals surface area contributed by atoms with Crippen molar-refractivity contribution in [1.29, 1.82) is 0 Å². The van der Waals surface area contributed by atoms with E-state index in [1.165, 1.54) is 31.1 Å². The summed E-state index contributed by atoms with van der Waals surface area (Å²) in [5.74, 6) is 0.127. The van der Waals surface area contributed by atoms with E-state index in [1.54, 1.807) is 6.08 Å². The summed E-state index contributed by atoms with van der Waals surface area (Å²) in [4.78, 5) is 0. The van der Waals surface area contributed by atoms with E-state index >= 15 is 0 Å². The maximum atomic E-state index is 11.0. The average Bonchev–Trinajstić information content (AvgIpc) is 2.52. The van der Waals surface area contributed by atoms with Crippen molar-refractivity contribution >= 4 is 9.84 Å². The summed E-state index contributed by atoms with van der Waals surface area (Å²) in [7, 11) is -2.95. The standard InChI is InChI=1S/C11H20O3S/c1-2-3-4-5-6-8-14-11-7-9-15(12,13)10-11/h7,9,11H,2-6,8,10H2,1H3. The summed E-state index contributed by atoms with van der Waals surface area (Å²) in [5, 5.41) is 1.26. The van der Waals surface area contributed by atoms with E-state index in [0.717, 1.165) is 6.42 Å². The van der Waals surface area contributed by atoms with Crippen LogP contribution in [0.2, 0.25) is 0 Å². The van der Waals surface area contributed by atoms with Crippen molar-refractivity contribution < 1.29 is 13.2 Å². The predicted molar refractivity (Wildman–Crippen MR) is 61.4 cm³/mol. The van der Waals surface area contributed by atoms with Crippen molar-refractivity contribution in [3.63, 3.8) is 0 Å². The molecule has 1 atom stereocenters. The highest BCUT2D eigenvalue weighted by Crippen LogP contribution is 2.12. The Bertz CT molecular complexity index is 293. The molecule has 0 amide bonds. The minimum Gasteiger partial charge on any atom is -0.373 e. The van der Waals surface area contributed by atoms with Crippen molar-refractivity contribution in [3.8, 4) is 0 Å². The molecule has 1 rings (SSSR count). The second-order valence-electron chi connectivity index (χ2n) is 3.98. The lowest BCUT2D eigenvalue weighted by Gasteiger charge is -2.08. The molecule has 0 saturated carbocycles. The minimum atomic E-state index is -2.95. The van der Waals surface area contributed by atoms with Crippen LogP contribution in [0.3, 0.4) is 0 Å². The van der Waals surface area contributed by atoms with Gasteiger partial charge in [-0.1, -0.05) is 32.6 Å². The molecule has 3 nitrogen and oxygen atoms in total. The predicted octanol–water partition coefficient (Wildman–Crippen LogP) is 2.28. The molecular formula is C11H20O3S. The van der Waals surface area contributed by atoms with E-state index in [4.69, 9.17) is 4.74 Å². The highest BCUT2D eigenvalue weighted by Gasteiger charge is 2.21. The summed E-state index contributed by atoms with van der Waals surface area (Å²) < 4.78 is 27.5. The van der Waals surface area contributed by atoms with Gasteiger partial charge in [-0.15, -0.1) is 0 Å². The Morgan fingerprint density at radius 3 is 2.60 bits per heavy atom. The monoisotopic (exact) mass is 232 g/mol. The SMILES string of the molecule is CCCCCCCOC1C=CS(=O)(=O)C1. The minimum absolute atomic E-state index is 0.127. The quantitative estimate of drug-likeness (QED) is 0.632. The summed E-state index contributed by atoms with van der Waals surface area (Å²) >= 11 is 0. The van der Waals surface area contributed by atoms with Crippen molar-refractivity contribution in [1.82, 2.24) is 0 Å². The molecule has 0 aromatic carbocycles. The third kappa shape index (κ3) is 5.33. The van der Waals surface area contributed by atoms with Crippen molar-refractivity contribution in [2.45, 2.75) is 45.1 Å². The Kier molecular flexibility index (Phi) is 5.32. The van der Waals surface area contributed by atoms with Gasteiger partial charge in [0.2, 0.25) is 0 Å². The number of unbranched alkanes of at least 4 members (excludes halogenated alkanes) is 4. The smallest absolute Gasteiger partial charge is 0.174 e. The lowest BCUT2D eigenvalue weighted by molar-refractivity contribution is 0.0974. The Morgan fingerprint density at radius 2 is 2.00 bits per heavy atom. The van der Waals surface area contributed by atoms with Gasteiger partial charge in [-0.3, -0.25) is 0 Å². The van der Waals surface area contributed by atoms with Gasteiger partial charge in [0.25, 0.3) is 0 Å². The zero-order valence-corrected chi connectivity index (χ0v) is 10.1. The fourth-order valence-electron chi connectivity index (χ4n) is 1.59. The molecule has 88 valence electrons. The third-order valence-electron chi connectivity index (χ3n) is 2.48. The molecule has 0 bridgehead atoms.